The molecular weight excluding hydrogens is 234 g/mol. The van der Waals surface area contributed by atoms with Gasteiger partial charge in [0.15, 0.2) is 5.78 Å². The van der Waals surface area contributed by atoms with Gasteiger partial charge in [0.1, 0.15) is 5.69 Å². The van der Waals surface area contributed by atoms with Gasteiger partial charge in [-0.1, -0.05) is 0 Å². The van der Waals surface area contributed by atoms with E-state index in [9.17, 15) is 4.79 Å². The van der Waals surface area contributed by atoms with Crippen LogP contribution in [0.5, 0.6) is 5.88 Å². The molecule has 0 fully saturated rings. The monoisotopic (exact) mass is 243 g/mol. The maximum absolute atomic E-state index is 11.1. The summed E-state index contributed by atoms with van der Waals surface area (Å²) in [5.41, 5.74) is 1.31. The Morgan fingerprint density at radius 1 is 1.62 bits per heavy atom. The van der Waals surface area contributed by atoms with Crippen LogP contribution in [-0.2, 0) is 0 Å². The maximum Gasteiger partial charge on any atom is 0.216 e. The SMILES string of the molecule is COc1nc(C(C)=O)c(Br)cc1C. The van der Waals surface area contributed by atoms with E-state index in [2.05, 4.69) is 20.9 Å². The number of aryl methyl sites for hydroxylation is 1. The molecule has 0 radical (unpaired) electrons. The summed E-state index contributed by atoms with van der Waals surface area (Å²) in [6, 6.07) is 1.82. The van der Waals surface area contributed by atoms with Crippen molar-refractivity contribution in [2.24, 2.45) is 0 Å². The van der Waals surface area contributed by atoms with Crippen LogP contribution in [-0.4, -0.2) is 17.9 Å². The van der Waals surface area contributed by atoms with Crippen LogP contribution in [0.1, 0.15) is 23.0 Å². The molecule has 0 aliphatic carbocycles. The van der Waals surface area contributed by atoms with Crippen molar-refractivity contribution in [2.75, 3.05) is 7.11 Å². The number of carbonyl (C=O) groups excluding carboxylic acids is 1. The number of hydrogen-bond acceptors (Lipinski definition) is 3. The first-order valence-electron chi connectivity index (χ1n) is 3.78. The van der Waals surface area contributed by atoms with Gasteiger partial charge in [-0.15, -0.1) is 0 Å². The zero-order valence-electron chi connectivity index (χ0n) is 7.72. The van der Waals surface area contributed by atoms with Crippen LogP contribution in [0.4, 0.5) is 0 Å². The number of ether oxygens (including phenoxy) is 1. The Labute approximate surface area is 85.3 Å². The molecule has 0 aliphatic heterocycles. The minimum Gasteiger partial charge on any atom is -0.481 e. The van der Waals surface area contributed by atoms with Gasteiger partial charge in [-0.25, -0.2) is 4.98 Å². The first kappa shape index (κ1) is 10.2. The van der Waals surface area contributed by atoms with Gasteiger partial charge in [0.25, 0.3) is 0 Å². The van der Waals surface area contributed by atoms with Gasteiger partial charge in [-0.3, -0.25) is 4.79 Å². The molecule has 4 heteroatoms. The predicted molar refractivity (Wildman–Crippen MR) is 53.2 cm³/mol. The summed E-state index contributed by atoms with van der Waals surface area (Å²) in [5.74, 6) is 0.415. The van der Waals surface area contributed by atoms with Crippen molar-refractivity contribution in [1.29, 1.82) is 0 Å². The van der Waals surface area contributed by atoms with Gasteiger partial charge in [0.05, 0.1) is 7.11 Å². The van der Waals surface area contributed by atoms with Crippen LogP contribution in [0, 0.1) is 6.92 Å². The average molecular weight is 244 g/mol. The van der Waals surface area contributed by atoms with E-state index >= 15 is 0 Å². The Bertz CT molecular complexity index is 350. The van der Waals surface area contributed by atoms with Crippen LogP contribution in [0.3, 0.4) is 0 Å². The van der Waals surface area contributed by atoms with Gasteiger partial charge in [0.2, 0.25) is 5.88 Å². The molecule has 0 aromatic carbocycles. The van der Waals surface area contributed by atoms with Crippen molar-refractivity contribution in [1.82, 2.24) is 4.98 Å². The van der Waals surface area contributed by atoms with Crippen molar-refractivity contribution in [3.63, 3.8) is 0 Å². The third kappa shape index (κ3) is 2.06. The number of nitrogens with zero attached hydrogens (tertiary/aromatic N) is 1. The Hall–Kier alpha value is -0.900. The van der Waals surface area contributed by atoms with Crippen molar-refractivity contribution < 1.29 is 9.53 Å². The molecule has 0 spiro atoms. The summed E-state index contributed by atoms with van der Waals surface area (Å²) >= 11 is 3.27. The molecule has 1 aromatic rings. The molecule has 0 aliphatic rings. The van der Waals surface area contributed by atoms with E-state index in [4.69, 9.17) is 4.74 Å². The maximum atomic E-state index is 11.1. The third-order valence-electron chi connectivity index (χ3n) is 1.65. The zero-order chi connectivity index (χ0) is 10.0. The highest BCUT2D eigenvalue weighted by Crippen LogP contribution is 2.23. The molecule has 0 amide bonds. The lowest BCUT2D eigenvalue weighted by Gasteiger charge is -2.06. The van der Waals surface area contributed by atoms with E-state index in [-0.39, 0.29) is 5.78 Å². The predicted octanol–water partition coefficient (Wildman–Crippen LogP) is 2.36. The van der Waals surface area contributed by atoms with Crippen LogP contribution < -0.4 is 4.74 Å². The molecule has 0 saturated carbocycles. The molecule has 0 bridgehead atoms. The molecule has 0 saturated heterocycles. The summed E-state index contributed by atoms with van der Waals surface area (Å²) < 4.78 is 5.71. The van der Waals surface area contributed by atoms with E-state index in [1.54, 1.807) is 0 Å². The van der Waals surface area contributed by atoms with E-state index in [0.717, 1.165) is 5.56 Å². The van der Waals surface area contributed by atoms with Gasteiger partial charge in [0, 0.05) is 17.0 Å². The van der Waals surface area contributed by atoms with Crippen molar-refractivity contribution in [3.05, 3.63) is 21.8 Å². The van der Waals surface area contributed by atoms with E-state index < -0.39 is 0 Å². The van der Waals surface area contributed by atoms with E-state index in [1.807, 2.05) is 13.0 Å². The summed E-state index contributed by atoms with van der Waals surface area (Å²) in [6.07, 6.45) is 0. The first-order valence-corrected chi connectivity index (χ1v) is 4.57. The molecule has 70 valence electrons. The van der Waals surface area contributed by atoms with Gasteiger partial charge >= 0.3 is 0 Å². The number of pyridine rings is 1. The topological polar surface area (TPSA) is 39.2 Å². The third-order valence-corrected chi connectivity index (χ3v) is 2.25. The lowest BCUT2D eigenvalue weighted by Crippen LogP contribution is -2.01. The minimum absolute atomic E-state index is 0.0785. The normalized spacial score (nSPS) is 9.85. The molecule has 0 atom stereocenters. The summed E-state index contributed by atoms with van der Waals surface area (Å²) in [7, 11) is 1.53. The second kappa shape index (κ2) is 3.87. The van der Waals surface area contributed by atoms with Crippen LogP contribution in [0.25, 0.3) is 0 Å². The smallest absolute Gasteiger partial charge is 0.216 e. The van der Waals surface area contributed by atoms with Crippen molar-refractivity contribution >= 4 is 21.7 Å². The van der Waals surface area contributed by atoms with E-state index in [0.29, 0.717) is 16.0 Å². The second-order valence-electron chi connectivity index (χ2n) is 2.70. The number of ketones is 1. The van der Waals surface area contributed by atoms with Crippen molar-refractivity contribution in [2.45, 2.75) is 13.8 Å². The van der Waals surface area contributed by atoms with Crippen molar-refractivity contribution in [3.8, 4) is 5.88 Å². The Balaban J connectivity index is 3.30. The molecule has 3 nitrogen and oxygen atoms in total. The molecule has 1 heterocycles. The highest BCUT2D eigenvalue weighted by Gasteiger charge is 2.10. The quantitative estimate of drug-likeness (QED) is 0.749. The highest BCUT2D eigenvalue weighted by atomic mass is 79.9. The Morgan fingerprint density at radius 3 is 2.69 bits per heavy atom. The van der Waals surface area contributed by atoms with Crippen LogP contribution in [0.15, 0.2) is 10.5 Å². The fourth-order valence-electron chi connectivity index (χ4n) is 1.02. The minimum atomic E-state index is -0.0785. The van der Waals surface area contributed by atoms with Crippen LogP contribution in [0.2, 0.25) is 0 Å². The largest absolute Gasteiger partial charge is 0.481 e. The number of carbonyl (C=O) groups is 1. The standard InChI is InChI=1S/C9H10BrNO2/c1-5-4-7(10)8(6(2)12)11-9(5)13-3/h4H,1-3H3. The lowest BCUT2D eigenvalue weighted by atomic mass is 10.2. The number of methoxy groups -OCH3 is 1. The number of halogens is 1. The molecule has 13 heavy (non-hydrogen) atoms. The highest BCUT2D eigenvalue weighted by molar-refractivity contribution is 9.10. The summed E-state index contributed by atoms with van der Waals surface area (Å²) in [4.78, 5) is 15.2. The van der Waals surface area contributed by atoms with Gasteiger partial charge in [-0.2, -0.15) is 0 Å². The summed E-state index contributed by atoms with van der Waals surface area (Å²) in [5, 5.41) is 0. The molecule has 0 unspecified atom stereocenters. The fourth-order valence-corrected chi connectivity index (χ4v) is 1.73. The lowest BCUT2D eigenvalue weighted by molar-refractivity contribution is 0.101. The number of rotatable bonds is 2. The second-order valence-corrected chi connectivity index (χ2v) is 3.56. The zero-order valence-corrected chi connectivity index (χ0v) is 9.31. The van der Waals surface area contributed by atoms with Crippen LogP contribution >= 0.6 is 15.9 Å². The van der Waals surface area contributed by atoms with E-state index in [1.165, 1.54) is 14.0 Å². The fraction of sp³-hybridized carbons (Fsp3) is 0.333. The Morgan fingerprint density at radius 2 is 2.23 bits per heavy atom. The van der Waals surface area contributed by atoms with Gasteiger partial charge < -0.3 is 4.74 Å². The first-order chi connectivity index (χ1) is 6.06. The molecular formula is C9H10BrNO2. The number of hydrogen-bond donors (Lipinski definition) is 0. The summed E-state index contributed by atoms with van der Waals surface area (Å²) in [6.45, 7) is 3.35. The molecule has 1 aromatic heterocycles. The number of aromatic nitrogens is 1. The average Bonchev–Trinajstić information content (AvgIpc) is 2.03. The number of Topliss-reactive ketones (excluding diaryl/α,β-unsaturated/α-hetero) is 1. The van der Waals surface area contributed by atoms with Gasteiger partial charge in [-0.05, 0) is 28.9 Å². The molecule has 0 N–H and O–H groups in total. The molecule has 1 rings (SSSR count). The Kier molecular flexibility index (Phi) is 3.03.